The molecule has 9 nitrogen and oxygen atoms in total. The van der Waals surface area contributed by atoms with E-state index in [2.05, 4.69) is 4.99 Å². The van der Waals surface area contributed by atoms with Gasteiger partial charge in [-0.15, -0.1) is 0 Å². The molecule has 2 aromatic rings. The van der Waals surface area contributed by atoms with Crippen molar-refractivity contribution >= 4 is 23.6 Å². The van der Waals surface area contributed by atoms with Crippen LogP contribution in [0.15, 0.2) is 47.5 Å². The molecule has 0 unspecified atom stereocenters. The predicted molar refractivity (Wildman–Crippen MR) is 124 cm³/mol. The summed E-state index contributed by atoms with van der Waals surface area (Å²) < 4.78 is 11.6. The molecule has 2 rings (SSSR count). The molecule has 6 N–H and O–H groups in total. The summed E-state index contributed by atoms with van der Waals surface area (Å²) in [5.74, 6) is 12.8. The van der Waals surface area contributed by atoms with Crippen LogP contribution in [0.25, 0.3) is 5.70 Å². The van der Waals surface area contributed by atoms with Crippen LogP contribution in [0.5, 0.6) is 11.5 Å². The zero-order valence-corrected chi connectivity index (χ0v) is 18.3. The van der Waals surface area contributed by atoms with Gasteiger partial charge in [0.25, 0.3) is 0 Å². The molecule has 0 atom stereocenters. The number of hydrogen-bond donors (Lipinski definition) is 3. The maximum absolute atomic E-state index is 12.2. The van der Waals surface area contributed by atoms with E-state index in [9.17, 15) is 4.79 Å². The number of ether oxygens (including phenoxy) is 2. The fraction of sp³-hybridized carbons (Fsp3) is 0.273. The van der Waals surface area contributed by atoms with Gasteiger partial charge >= 0.3 is 6.03 Å². The van der Waals surface area contributed by atoms with Crippen molar-refractivity contribution in [2.24, 2.45) is 22.4 Å². The topological polar surface area (TPSA) is 132 Å². The Bertz CT molecular complexity index is 972. The van der Waals surface area contributed by atoms with Crippen LogP contribution >= 0.6 is 0 Å². The third-order valence-corrected chi connectivity index (χ3v) is 4.65. The maximum Gasteiger partial charge on any atom is 0.352 e. The smallest absolute Gasteiger partial charge is 0.352 e. The Morgan fingerprint density at radius 3 is 2.55 bits per heavy atom. The van der Waals surface area contributed by atoms with Crippen molar-refractivity contribution in [3.63, 3.8) is 0 Å². The number of carbonyl (C=O) groups is 1. The number of methoxy groups -OCH3 is 1. The number of hydrazine groups is 2. The van der Waals surface area contributed by atoms with Crippen molar-refractivity contribution in [2.75, 3.05) is 26.2 Å². The van der Waals surface area contributed by atoms with Crippen LogP contribution in [0, 0.1) is 0 Å². The van der Waals surface area contributed by atoms with E-state index in [0.717, 1.165) is 27.6 Å². The second kappa shape index (κ2) is 11.0. The number of aryl methyl sites for hydroxylation is 1. The van der Waals surface area contributed by atoms with E-state index in [-0.39, 0.29) is 6.61 Å². The quantitative estimate of drug-likeness (QED) is 0.257. The third-order valence-electron chi connectivity index (χ3n) is 4.65. The van der Waals surface area contributed by atoms with Gasteiger partial charge in [0.05, 0.1) is 18.4 Å². The summed E-state index contributed by atoms with van der Waals surface area (Å²) in [4.78, 5) is 16.2. The summed E-state index contributed by atoms with van der Waals surface area (Å²) in [7, 11) is 4.65. The Morgan fingerprint density at radius 1 is 1.19 bits per heavy atom. The predicted octanol–water partition coefficient (Wildman–Crippen LogP) is 2.44. The van der Waals surface area contributed by atoms with Gasteiger partial charge in [0.2, 0.25) is 0 Å². The second-order valence-corrected chi connectivity index (χ2v) is 6.72. The third kappa shape index (κ3) is 5.74. The Morgan fingerprint density at radius 2 is 1.94 bits per heavy atom. The minimum absolute atomic E-state index is 0.134. The van der Waals surface area contributed by atoms with E-state index in [4.69, 9.17) is 26.9 Å². The first-order chi connectivity index (χ1) is 14.8. The molecule has 166 valence electrons. The summed E-state index contributed by atoms with van der Waals surface area (Å²) in [6, 6.07) is 10.4. The zero-order valence-electron chi connectivity index (χ0n) is 18.3. The molecule has 9 heteroatoms. The Balaban J connectivity index is 2.35. The second-order valence-electron chi connectivity index (χ2n) is 6.72. The monoisotopic (exact) mass is 426 g/mol. The van der Waals surface area contributed by atoms with Gasteiger partial charge in [-0.1, -0.05) is 13.0 Å². The fourth-order valence-electron chi connectivity index (χ4n) is 2.97. The van der Waals surface area contributed by atoms with E-state index < -0.39 is 6.03 Å². The first-order valence-corrected chi connectivity index (χ1v) is 9.71. The van der Waals surface area contributed by atoms with Gasteiger partial charge in [0, 0.05) is 26.0 Å². The van der Waals surface area contributed by atoms with Crippen molar-refractivity contribution in [3.05, 3.63) is 59.2 Å². The van der Waals surface area contributed by atoms with Crippen LogP contribution in [0.1, 0.15) is 23.6 Å². The first kappa shape index (κ1) is 23.7. The maximum atomic E-state index is 12.2. The summed E-state index contributed by atoms with van der Waals surface area (Å²) in [6.07, 6.45) is 4.14. The molecule has 2 amide bonds. The van der Waals surface area contributed by atoms with Crippen LogP contribution in [-0.2, 0) is 13.0 Å². The molecule has 0 aliphatic rings. The zero-order chi connectivity index (χ0) is 23.0. The summed E-state index contributed by atoms with van der Waals surface area (Å²) in [5, 5.41) is 1.87. The van der Waals surface area contributed by atoms with Crippen LogP contribution in [0.2, 0.25) is 0 Å². The van der Waals surface area contributed by atoms with E-state index >= 15 is 0 Å². The van der Waals surface area contributed by atoms with Gasteiger partial charge in [-0.05, 0) is 54.0 Å². The van der Waals surface area contributed by atoms with Crippen molar-refractivity contribution in [3.8, 4) is 11.5 Å². The SMILES string of the molecule is CCc1cc(C(N)=CC=NC)ccc1OCc1c(OC)cccc1N(N)C(=O)N(C)N. The number of anilines is 1. The van der Waals surface area contributed by atoms with Crippen LogP contribution in [0.4, 0.5) is 10.5 Å². The molecule has 0 bridgehead atoms. The lowest BCUT2D eigenvalue weighted by atomic mass is 10.0. The number of amides is 2. The number of rotatable bonds is 8. The van der Waals surface area contributed by atoms with Gasteiger partial charge in [-0.25, -0.2) is 21.5 Å². The van der Waals surface area contributed by atoms with Gasteiger partial charge in [0.1, 0.15) is 18.1 Å². The van der Waals surface area contributed by atoms with E-state index in [1.165, 1.54) is 7.05 Å². The molecule has 0 aromatic heterocycles. The van der Waals surface area contributed by atoms with Gasteiger partial charge in [0.15, 0.2) is 0 Å². The highest BCUT2D eigenvalue weighted by atomic mass is 16.5. The number of benzene rings is 2. The highest BCUT2D eigenvalue weighted by molar-refractivity contribution is 5.91. The number of carbonyl (C=O) groups excluding carboxylic acids is 1. The Hall–Kier alpha value is -3.56. The number of nitrogens with two attached hydrogens (primary N) is 3. The molecule has 0 radical (unpaired) electrons. The molecule has 0 saturated carbocycles. The van der Waals surface area contributed by atoms with Gasteiger partial charge in [-0.2, -0.15) is 0 Å². The normalized spacial score (nSPS) is 11.5. The van der Waals surface area contributed by atoms with E-state index in [0.29, 0.717) is 28.4 Å². The van der Waals surface area contributed by atoms with Crippen LogP contribution in [-0.4, -0.2) is 38.5 Å². The molecule has 0 fully saturated rings. The average molecular weight is 427 g/mol. The highest BCUT2D eigenvalue weighted by Crippen LogP contribution is 2.31. The number of aliphatic imine (C=N–C) groups is 1. The number of allylic oxidation sites excluding steroid dienone is 1. The van der Waals surface area contributed by atoms with Crippen LogP contribution in [0.3, 0.4) is 0 Å². The van der Waals surface area contributed by atoms with Crippen LogP contribution < -0.4 is 31.9 Å². The molecular weight excluding hydrogens is 396 g/mol. The lowest BCUT2D eigenvalue weighted by Gasteiger charge is -2.24. The number of urea groups is 1. The Labute approximate surface area is 182 Å². The average Bonchev–Trinajstić information content (AvgIpc) is 2.79. The number of hydrogen-bond acceptors (Lipinski definition) is 7. The first-order valence-electron chi connectivity index (χ1n) is 9.71. The molecule has 2 aromatic carbocycles. The van der Waals surface area contributed by atoms with Crippen molar-refractivity contribution in [1.29, 1.82) is 0 Å². The minimum atomic E-state index is -0.578. The van der Waals surface area contributed by atoms with E-state index in [1.807, 2.05) is 25.1 Å². The van der Waals surface area contributed by atoms with E-state index in [1.54, 1.807) is 44.6 Å². The molecule has 31 heavy (non-hydrogen) atoms. The summed E-state index contributed by atoms with van der Waals surface area (Å²) in [5.41, 5.74) is 9.64. The lowest BCUT2D eigenvalue weighted by Crippen LogP contribution is -2.49. The highest BCUT2D eigenvalue weighted by Gasteiger charge is 2.21. The summed E-state index contributed by atoms with van der Waals surface area (Å²) >= 11 is 0. The molecule has 0 heterocycles. The molecule has 0 spiro atoms. The molecule has 0 aliphatic carbocycles. The van der Waals surface area contributed by atoms with Crippen molar-refractivity contribution < 1.29 is 14.3 Å². The molecule has 0 saturated heterocycles. The Kier molecular flexibility index (Phi) is 8.42. The number of nitrogens with zero attached hydrogens (tertiary/aromatic N) is 3. The standard InChI is InChI=1S/C22H30N6O3/c1-5-15-13-16(18(23)11-12-26-2)9-10-20(15)31-14-17-19(7-6-8-21(17)30-4)28(25)22(29)27(3)24/h6-13H,5,14,23-25H2,1-4H3. The summed E-state index contributed by atoms with van der Waals surface area (Å²) in [6.45, 7) is 2.17. The van der Waals surface area contributed by atoms with Gasteiger partial charge < -0.3 is 15.2 Å². The van der Waals surface area contributed by atoms with Crippen molar-refractivity contribution in [2.45, 2.75) is 20.0 Å². The lowest BCUT2D eigenvalue weighted by molar-refractivity contribution is 0.216. The van der Waals surface area contributed by atoms with Gasteiger partial charge in [-0.3, -0.25) is 10.0 Å². The van der Waals surface area contributed by atoms with Crippen molar-refractivity contribution in [1.82, 2.24) is 5.01 Å². The largest absolute Gasteiger partial charge is 0.496 e. The fourth-order valence-corrected chi connectivity index (χ4v) is 2.97. The molecule has 0 aliphatic heterocycles. The minimum Gasteiger partial charge on any atom is -0.496 e. The molecular formula is C22H30N6O3.